The van der Waals surface area contributed by atoms with Crippen molar-refractivity contribution in [2.75, 3.05) is 29.7 Å². The first-order chi connectivity index (χ1) is 15.3. The molecule has 0 spiro atoms. The van der Waals surface area contributed by atoms with Crippen LogP contribution in [0.3, 0.4) is 0 Å². The summed E-state index contributed by atoms with van der Waals surface area (Å²) in [6.45, 7) is 2.21. The maximum absolute atomic E-state index is 13.5. The molecule has 0 atom stereocenters. The summed E-state index contributed by atoms with van der Waals surface area (Å²) in [5, 5.41) is 23.8. The van der Waals surface area contributed by atoms with E-state index in [1.807, 2.05) is 24.3 Å². The van der Waals surface area contributed by atoms with E-state index in [9.17, 15) is 18.0 Å². The normalized spacial score (nSPS) is 18.3. The predicted octanol–water partition coefficient (Wildman–Crippen LogP) is 1.87. The second kappa shape index (κ2) is 9.13. The van der Waals surface area contributed by atoms with Crippen LogP contribution in [0.1, 0.15) is 16.7 Å². The molecule has 0 amide bonds. The smallest absolute Gasteiger partial charge is 0.179 e. The molecule has 2 aromatic rings. The lowest BCUT2D eigenvalue weighted by Crippen LogP contribution is -2.39. The molecule has 0 unspecified atom stereocenters. The number of hydroxylamine groups is 3. The molecule has 2 aliphatic rings. The summed E-state index contributed by atoms with van der Waals surface area (Å²) < 4.78 is 36.6. The van der Waals surface area contributed by atoms with Gasteiger partial charge in [0.15, 0.2) is 15.7 Å². The Morgan fingerprint density at radius 2 is 1.81 bits per heavy atom. The molecule has 0 saturated carbocycles. The van der Waals surface area contributed by atoms with Gasteiger partial charge in [0.2, 0.25) is 0 Å². The Labute approximate surface area is 185 Å². The first kappa shape index (κ1) is 22.0. The standard InChI is InChI=1S/C21H22FN5O4S/c22-20-6-5-19(11-18(20)12-23)26-15-21(27(28)31-26)24-13-16-1-3-17(4-2-16)14-25-7-9-32(29,30)10-8-25/h1-6,11,15,24,28H,7-10,13-14H2. The second-order valence-electron chi connectivity index (χ2n) is 7.57. The highest BCUT2D eigenvalue weighted by Crippen LogP contribution is 2.24. The zero-order valence-corrected chi connectivity index (χ0v) is 17.9. The molecule has 0 radical (unpaired) electrons. The number of anilines is 1. The van der Waals surface area contributed by atoms with Crippen molar-refractivity contribution in [3.8, 4) is 6.07 Å². The van der Waals surface area contributed by atoms with Crippen LogP contribution in [0.25, 0.3) is 0 Å². The molecule has 0 aromatic heterocycles. The first-order valence-corrected chi connectivity index (χ1v) is 11.8. The minimum absolute atomic E-state index is 0.128. The molecule has 2 aliphatic heterocycles. The van der Waals surface area contributed by atoms with Crippen molar-refractivity contribution in [3.63, 3.8) is 0 Å². The van der Waals surface area contributed by atoms with Crippen LogP contribution in [0.15, 0.2) is 54.5 Å². The molecule has 2 heterocycles. The van der Waals surface area contributed by atoms with Gasteiger partial charge in [0.1, 0.15) is 11.9 Å². The predicted molar refractivity (Wildman–Crippen MR) is 114 cm³/mol. The van der Waals surface area contributed by atoms with E-state index < -0.39 is 15.7 Å². The highest BCUT2D eigenvalue weighted by atomic mass is 32.2. The molecular weight excluding hydrogens is 437 g/mol. The largest absolute Gasteiger partial charge is 0.362 e. The van der Waals surface area contributed by atoms with Gasteiger partial charge in [0.25, 0.3) is 0 Å². The van der Waals surface area contributed by atoms with Crippen molar-refractivity contribution < 1.29 is 23.0 Å². The van der Waals surface area contributed by atoms with E-state index in [-0.39, 0.29) is 22.9 Å². The number of halogens is 1. The van der Waals surface area contributed by atoms with Gasteiger partial charge in [0.05, 0.1) is 29.0 Å². The zero-order chi connectivity index (χ0) is 22.7. The summed E-state index contributed by atoms with van der Waals surface area (Å²) in [6, 6.07) is 13.6. The molecular formula is C21H22FN5O4S. The maximum Gasteiger partial charge on any atom is 0.179 e. The number of nitrogens with zero attached hydrogens (tertiary/aromatic N) is 4. The molecule has 1 fully saturated rings. The number of sulfone groups is 1. The van der Waals surface area contributed by atoms with E-state index in [1.165, 1.54) is 23.4 Å². The quantitative estimate of drug-likeness (QED) is 0.669. The molecule has 2 aromatic carbocycles. The Bertz CT molecular complexity index is 1150. The Morgan fingerprint density at radius 1 is 1.12 bits per heavy atom. The van der Waals surface area contributed by atoms with Crippen LogP contribution in [0.4, 0.5) is 10.1 Å². The molecule has 168 valence electrons. The Hall–Kier alpha value is -3.17. The molecule has 0 aliphatic carbocycles. The van der Waals surface area contributed by atoms with Gasteiger partial charge in [-0.1, -0.05) is 29.5 Å². The van der Waals surface area contributed by atoms with E-state index in [0.717, 1.165) is 17.2 Å². The number of hydrogen-bond donors (Lipinski definition) is 2. The fraction of sp³-hybridized carbons (Fsp3) is 0.286. The van der Waals surface area contributed by atoms with Crippen LogP contribution in [0.5, 0.6) is 0 Å². The third kappa shape index (κ3) is 5.17. The monoisotopic (exact) mass is 459 g/mol. The lowest BCUT2D eigenvalue weighted by atomic mass is 10.1. The summed E-state index contributed by atoms with van der Waals surface area (Å²) >= 11 is 0. The molecule has 4 rings (SSSR count). The second-order valence-corrected chi connectivity index (χ2v) is 9.87. The van der Waals surface area contributed by atoms with Crippen LogP contribution < -0.4 is 10.4 Å². The van der Waals surface area contributed by atoms with Gasteiger partial charge in [-0.05, 0) is 29.3 Å². The van der Waals surface area contributed by atoms with Gasteiger partial charge in [-0.15, -0.1) is 4.94 Å². The van der Waals surface area contributed by atoms with Crippen molar-refractivity contribution in [3.05, 3.63) is 77.0 Å². The maximum atomic E-state index is 13.5. The molecule has 32 heavy (non-hydrogen) atoms. The number of rotatable bonds is 6. The lowest BCUT2D eigenvalue weighted by Gasteiger charge is -2.26. The highest BCUT2D eigenvalue weighted by molar-refractivity contribution is 7.91. The van der Waals surface area contributed by atoms with E-state index in [4.69, 9.17) is 10.2 Å². The van der Waals surface area contributed by atoms with Crippen LogP contribution in [-0.2, 0) is 27.9 Å². The fourth-order valence-corrected chi connectivity index (χ4v) is 4.68. The summed E-state index contributed by atoms with van der Waals surface area (Å²) in [7, 11) is -2.89. The van der Waals surface area contributed by atoms with Crippen LogP contribution in [-0.4, -0.2) is 48.3 Å². The van der Waals surface area contributed by atoms with Gasteiger partial charge in [-0.3, -0.25) is 10.1 Å². The van der Waals surface area contributed by atoms with E-state index >= 15 is 0 Å². The molecule has 11 heteroatoms. The van der Waals surface area contributed by atoms with Gasteiger partial charge < -0.3 is 5.32 Å². The van der Waals surface area contributed by atoms with Crippen molar-refractivity contribution in [2.24, 2.45) is 0 Å². The van der Waals surface area contributed by atoms with Crippen LogP contribution >= 0.6 is 0 Å². The van der Waals surface area contributed by atoms with E-state index in [0.29, 0.717) is 37.1 Å². The number of hydrogen-bond acceptors (Lipinski definition) is 9. The molecule has 1 saturated heterocycles. The fourth-order valence-electron chi connectivity index (χ4n) is 3.40. The Balaban J connectivity index is 1.33. The topological polar surface area (TPSA) is 109 Å². The van der Waals surface area contributed by atoms with Crippen LogP contribution in [0.2, 0.25) is 0 Å². The van der Waals surface area contributed by atoms with Gasteiger partial charge >= 0.3 is 0 Å². The third-order valence-corrected chi connectivity index (χ3v) is 6.88. The summed E-state index contributed by atoms with van der Waals surface area (Å²) in [4.78, 5) is 7.32. The minimum atomic E-state index is -2.89. The number of benzene rings is 2. The van der Waals surface area contributed by atoms with Crippen molar-refractivity contribution in [1.82, 2.24) is 15.4 Å². The number of nitrogens with one attached hydrogen (secondary N) is 1. The van der Waals surface area contributed by atoms with Gasteiger partial charge in [-0.2, -0.15) is 10.3 Å². The average molecular weight is 460 g/mol. The highest BCUT2D eigenvalue weighted by Gasteiger charge is 2.24. The van der Waals surface area contributed by atoms with Crippen molar-refractivity contribution in [1.29, 1.82) is 5.26 Å². The van der Waals surface area contributed by atoms with Gasteiger partial charge in [-0.25, -0.2) is 12.8 Å². The SMILES string of the molecule is N#Cc1cc(N2C=C(NCc3ccc(CN4CCS(=O)(=O)CC4)cc3)N(O)O2)ccc1F. The lowest BCUT2D eigenvalue weighted by molar-refractivity contribution is -0.306. The summed E-state index contributed by atoms with van der Waals surface area (Å²) in [5.41, 5.74) is 2.32. The molecule has 0 bridgehead atoms. The summed E-state index contributed by atoms with van der Waals surface area (Å²) in [6.07, 6.45) is 1.48. The molecule has 9 nitrogen and oxygen atoms in total. The summed E-state index contributed by atoms with van der Waals surface area (Å²) in [5.74, 6) is 0.0477. The third-order valence-electron chi connectivity index (χ3n) is 5.28. The first-order valence-electron chi connectivity index (χ1n) is 9.95. The van der Waals surface area contributed by atoms with Crippen molar-refractivity contribution in [2.45, 2.75) is 13.1 Å². The number of nitriles is 1. The van der Waals surface area contributed by atoms with Crippen LogP contribution in [0, 0.1) is 17.1 Å². The Morgan fingerprint density at radius 3 is 2.50 bits per heavy atom. The zero-order valence-electron chi connectivity index (χ0n) is 17.1. The van der Waals surface area contributed by atoms with E-state index in [1.54, 1.807) is 6.07 Å². The van der Waals surface area contributed by atoms with E-state index in [2.05, 4.69) is 10.2 Å². The van der Waals surface area contributed by atoms with Crippen molar-refractivity contribution >= 4 is 15.5 Å². The average Bonchev–Trinajstić information content (AvgIpc) is 3.15. The molecule has 2 N–H and O–H groups in total. The Kier molecular flexibility index (Phi) is 6.29. The van der Waals surface area contributed by atoms with Gasteiger partial charge in [0, 0.05) is 26.2 Å². The minimum Gasteiger partial charge on any atom is -0.362 e.